The maximum absolute atomic E-state index is 15.1. The van der Waals surface area contributed by atoms with Crippen LogP contribution in [0.1, 0.15) is 29.1 Å². The Morgan fingerprint density at radius 3 is 2.81 bits per heavy atom. The molecule has 8 nitrogen and oxygen atoms in total. The molecule has 0 atom stereocenters. The van der Waals surface area contributed by atoms with Gasteiger partial charge in [0.05, 0.1) is 15.3 Å². The predicted octanol–water partition coefficient (Wildman–Crippen LogP) is 5.74. The van der Waals surface area contributed by atoms with E-state index in [0.29, 0.717) is 45.1 Å². The van der Waals surface area contributed by atoms with E-state index in [1.165, 1.54) is 17.4 Å². The third kappa shape index (κ3) is 4.20. The number of carbonyl (C=O) groups is 1. The van der Waals surface area contributed by atoms with Gasteiger partial charge in [-0.15, -0.1) is 11.3 Å². The van der Waals surface area contributed by atoms with E-state index in [4.69, 9.17) is 4.98 Å². The van der Waals surface area contributed by atoms with E-state index >= 15 is 4.39 Å². The second-order valence-electron chi connectivity index (χ2n) is 8.68. The van der Waals surface area contributed by atoms with E-state index in [-0.39, 0.29) is 11.3 Å². The van der Waals surface area contributed by atoms with E-state index in [1.807, 2.05) is 31.2 Å². The molecule has 10 heteroatoms. The first kappa shape index (κ1) is 23.1. The van der Waals surface area contributed by atoms with Crippen molar-refractivity contribution in [2.45, 2.75) is 20.4 Å². The van der Waals surface area contributed by atoms with E-state index in [2.05, 4.69) is 30.5 Å². The van der Waals surface area contributed by atoms with Crippen LogP contribution in [0.2, 0.25) is 0 Å². The Hall–Kier alpha value is -4.28. The Balaban J connectivity index is 1.45. The zero-order valence-electron chi connectivity index (χ0n) is 20.1. The molecular formula is C27H22FN7OS. The Morgan fingerprint density at radius 1 is 1.11 bits per heavy atom. The first-order valence-electron chi connectivity index (χ1n) is 11.8. The monoisotopic (exact) mass is 511 g/mol. The number of hydrogen-bond donors (Lipinski definition) is 3. The van der Waals surface area contributed by atoms with Crippen molar-refractivity contribution >= 4 is 39.1 Å². The van der Waals surface area contributed by atoms with Gasteiger partial charge in [-0.1, -0.05) is 6.92 Å². The number of ketones is 1. The minimum Gasteiger partial charge on any atom is -0.337 e. The zero-order chi connectivity index (χ0) is 25.5. The second kappa shape index (κ2) is 9.30. The molecule has 0 spiro atoms. The van der Waals surface area contributed by atoms with Crippen LogP contribution in [0.4, 0.5) is 4.39 Å². The highest BCUT2D eigenvalue weighted by molar-refractivity contribution is 7.17. The summed E-state index contributed by atoms with van der Waals surface area (Å²) in [5.74, 6) is 0.0989. The van der Waals surface area contributed by atoms with Crippen LogP contribution in [0.25, 0.3) is 55.2 Å². The van der Waals surface area contributed by atoms with Gasteiger partial charge in [0.25, 0.3) is 0 Å². The first-order valence-corrected chi connectivity index (χ1v) is 12.6. The number of nitrogens with one attached hydrogen (secondary N) is 3. The number of rotatable bonds is 7. The molecule has 6 rings (SSSR count). The summed E-state index contributed by atoms with van der Waals surface area (Å²) < 4.78 is 15.1. The summed E-state index contributed by atoms with van der Waals surface area (Å²) in [5, 5.41) is 11.1. The molecule has 5 aromatic heterocycles. The smallest absolute Gasteiger partial charge is 0.169 e. The lowest BCUT2D eigenvalue weighted by Gasteiger charge is -2.06. The van der Waals surface area contributed by atoms with E-state index in [0.717, 1.165) is 28.1 Å². The number of pyridine rings is 2. The van der Waals surface area contributed by atoms with E-state index in [1.54, 1.807) is 31.6 Å². The van der Waals surface area contributed by atoms with Gasteiger partial charge in [-0.25, -0.2) is 9.37 Å². The summed E-state index contributed by atoms with van der Waals surface area (Å²) >= 11 is 1.38. The minimum absolute atomic E-state index is 0.00951. The number of benzene rings is 1. The molecule has 3 N–H and O–H groups in total. The van der Waals surface area contributed by atoms with Crippen LogP contribution in [0, 0.1) is 5.82 Å². The van der Waals surface area contributed by atoms with Gasteiger partial charge in [-0.05, 0) is 61.0 Å². The normalized spacial score (nSPS) is 11.5. The Kier molecular flexibility index (Phi) is 5.82. The molecule has 0 saturated heterocycles. The molecule has 0 amide bonds. The highest BCUT2D eigenvalue weighted by Gasteiger charge is 2.19. The topological polar surface area (TPSA) is 112 Å². The molecule has 0 aliphatic carbocycles. The lowest BCUT2D eigenvalue weighted by Crippen LogP contribution is -2.11. The van der Waals surface area contributed by atoms with Gasteiger partial charge in [-0.3, -0.25) is 19.9 Å². The second-order valence-corrected chi connectivity index (χ2v) is 9.76. The molecule has 0 fully saturated rings. The van der Waals surface area contributed by atoms with Crippen molar-refractivity contribution in [3.63, 3.8) is 0 Å². The highest BCUT2D eigenvalue weighted by atomic mass is 32.1. The van der Waals surface area contributed by atoms with Gasteiger partial charge in [0.1, 0.15) is 22.4 Å². The molecule has 6 aromatic rings. The first-order chi connectivity index (χ1) is 18.0. The Labute approximate surface area is 215 Å². The summed E-state index contributed by atoms with van der Waals surface area (Å²) in [5.41, 5.74) is 5.46. The van der Waals surface area contributed by atoms with Crippen molar-refractivity contribution in [3.8, 4) is 33.2 Å². The van der Waals surface area contributed by atoms with Crippen LogP contribution in [0.5, 0.6) is 0 Å². The summed E-state index contributed by atoms with van der Waals surface area (Å²) in [4.78, 5) is 30.3. The third-order valence-electron chi connectivity index (χ3n) is 6.14. The lowest BCUT2D eigenvalue weighted by atomic mass is 10.0. The average Bonchev–Trinajstić information content (AvgIpc) is 3.65. The Morgan fingerprint density at radius 2 is 2.00 bits per heavy atom. The van der Waals surface area contributed by atoms with Gasteiger partial charge >= 0.3 is 0 Å². The number of halogens is 1. The van der Waals surface area contributed by atoms with Gasteiger partial charge in [0, 0.05) is 36.1 Å². The standard InChI is InChI=1S/C27H22FN7OS/c1-3-29-11-15-8-17(13-30-12-15)16-9-18-23(19(28)10-16)34-35-24(18)27-32-20-6-7-31-26(25(20)33-27)22-5-4-21(37-22)14(2)36/h4-10,12-13,29H,3,11H2,1-2H3,(H,32,33)(H,34,35). The summed E-state index contributed by atoms with van der Waals surface area (Å²) in [7, 11) is 0. The molecular weight excluding hydrogens is 489 g/mol. The lowest BCUT2D eigenvalue weighted by molar-refractivity contribution is 0.102. The summed E-state index contributed by atoms with van der Waals surface area (Å²) in [6.45, 7) is 5.12. The maximum Gasteiger partial charge on any atom is 0.169 e. The van der Waals surface area contributed by atoms with Gasteiger partial charge in [-0.2, -0.15) is 5.10 Å². The van der Waals surface area contributed by atoms with Crippen LogP contribution >= 0.6 is 11.3 Å². The van der Waals surface area contributed by atoms with Gasteiger partial charge in [0.15, 0.2) is 17.4 Å². The molecule has 0 unspecified atom stereocenters. The number of nitrogens with zero attached hydrogens (tertiary/aromatic N) is 4. The average molecular weight is 512 g/mol. The molecule has 0 saturated carbocycles. The number of aromatic amines is 2. The Bertz CT molecular complexity index is 1780. The highest BCUT2D eigenvalue weighted by Crippen LogP contribution is 2.35. The number of hydrogen-bond acceptors (Lipinski definition) is 7. The van der Waals surface area contributed by atoms with Crippen molar-refractivity contribution < 1.29 is 9.18 Å². The summed E-state index contributed by atoms with van der Waals surface area (Å²) in [6.07, 6.45) is 5.23. The zero-order valence-corrected chi connectivity index (χ0v) is 20.9. The SMILES string of the molecule is CCNCc1cncc(-c2cc(F)c3n[nH]c(-c4nc5c(-c6ccc(C(C)=O)s6)nccc5[nH]4)c3c2)c1. The molecule has 5 heterocycles. The molecule has 1 aromatic carbocycles. The molecule has 37 heavy (non-hydrogen) atoms. The number of H-pyrrole nitrogens is 2. The number of thiophene rings is 1. The number of Topliss-reactive ketones (excluding diaryl/α,β-unsaturated/α-hetero) is 1. The van der Waals surface area contributed by atoms with Crippen molar-refractivity contribution in [1.82, 2.24) is 35.5 Å². The largest absolute Gasteiger partial charge is 0.337 e. The molecule has 184 valence electrons. The fraction of sp³-hybridized carbons (Fsp3) is 0.148. The number of aromatic nitrogens is 6. The van der Waals surface area contributed by atoms with Gasteiger partial charge < -0.3 is 10.3 Å². The van der Waals surface area contributed by atoms with Gasteiger partial charge in [0.2, 0.25) is 0 Å². The van der Waals surface area contributed by atoms with Crippen molar-refractivity contribution in [2.24, 2.45) is 0 Å². The van der Waals surface area contributed by atoms with Crippen LogP contribution in [0.3, 0.4) is 0 Å². The maximum atomic E-state index is 15.1. The summed E-state index contributed by atoms with van der Waals surface area (Å²) in [6, 6.07) is 10.9. The fourth-order valence-electron chi connectivity index (χ4n) is 4.32. The predicted molar refractivity (Wildman–Crippen MR) is 143 cm³/mol. The third-order valence-corrected chi connectivity index (χ3v) is 7.34. The van der Waals surface area contributed by atoms with Crippen LogP contribution < -0.4 is 5.32 Å². The molecule has 0 radical (unpaired) electrons. The van der Waals surface area contributed by atoms with Crippen LogP contribution in [-0.2, 0) is 6.54 Å². The van der Waals surface area contributed by atoms with Crippen molar-refractivity contribution in [2.75, 3.05) is 6.54 Å². The quantitative estimate of drug-likeness (QED) is 0.236. The van der Waals surface area contributed by atoms with Crippen LogP contribution in [-0.4, -0.2) is 42.5 Å². The number of imidazole rings is 1. The van der Waals surface area contributed by atoms with Crippen molar-refractivity contribution in [3.05, 3.63) is 71.2 Å². The fourth-order valence-corrected chi connectivity index (χ4v) is 5.22. The van der Waals surface area contributed by atoms with E-state index in [9.17, 15) is 4.79 Å². The van der Waals surface area contributed by atoms with E-state index < -0.39 is 5.82 Å². The molecule has 0 aliphatic heterocycles. The van der Waals surface area contributed by atoms with Crippen LogP contribution in [0.15, 0.2) is 55.0 Å². The number of carbonyl (C=O) groups excluding carboxylic acids is 1. The minimum atomic E-state index is -0.430. The van der Waals surface area contributed by atoms with Crippen molar-refractivity contribution in [1.29, 1.82) is 0 Å². The molecule has 0 bridgehead atoms. The molecule has 0 aliphatic rings. The number of fused-ring (bicyclic) bond motifs is 2.